The molecule has 1 fully saturated rings. The molecule has 2 amide bonds. The summed E-state index contributed by atoms with van der Waals surface area (Å²) in [5.74, 6) is -0.796. The molecule has 1 atom stereocenters. The van der Waals surface area contributed by atoms with E-state index in [1.165, 1.54) is 7.11 Å². The van der Waals surface area contributed by atoms with Gasteiger partial charge in [-0.1, -0.05) is 11.6 Å². The minimum atomic E-state index is -0.527. The number of likely N-dealkylation sites (tertiary alicyclic amines) is 1. The summed E-state index contributed by atoms with van der Waals surface area (Å²) in [5.41, 5.74) is 2.98. The van der Waals surface area contributed by atoms with Crippen molar-refractivity contribution in [2.75, 3.05) is 14.2 Å². The highest BCUT2D eigenvalue weighted by Gasteiger charge is 2.39. The number of benzene rings is 1. The third-order valence-corrected chi connectivity index (χ3v) is 4.43. The van der Waals surface area contributed by atoms with Gasteiger partial charge in [-0.05, 0) is 25.5 Å². The number of amides is 2. The Bertz CT molecular complexity index is 751. The van der Waals surface area contributed by atoms with E-state index in [0.717, 1.165) is 5.56 Å². The summed E-state index contributed by atoms with van der Waals surface area (Å²) in [6, 6.07) is 5.06. The second-order valence-corrected chi connectivity index (χ2v) is 5.84. The molecule has 3 rings (SSSR count). The fourth-order valence-electron chi connectivity index (χ4n) is 3.18. The number of likely N-dealkylation sites (N-methyl/N-ethyl adjacent to an activating group) is 1. The van der Waals surface area contributed by atoms with Crippen LogP contribution in [0.3, 0.4) is 0 Å². The van der Waals surface area contributed by atoms with Crippen molar-refractivity contribution < 1.29 is 19.1 Å². The Morgan fingerprint density at radius 1 is 1.30 bits per heavy atom. The monoisotopic (exact) mass is 314 g/mol. The average molecular weight is 314 g/mol. The Morgan fingerprint density at radius 3 is 2.65 bits per heavy atom. The molecule has 1 unspecified atom stereocenters. The van der Waals surface area contributed by atoms with E-state index in [1.807, 2.05) is 19.1 Å². The number of esters is 1. The Kier molecular flexibility index (Phi) is 3.67. The molecular weight excluding hydrogens is 296 g/mol. The molecule has 2 aliphatic rings. The van der Waals surface area contributed by atoms with Gasteiger partial charge in [-0.25, -0.2) is 4.79 Å². The second-order valence-electron chi connectivity index (χ2n) is 5.84. The van der Waals surface area contributed by atoms with Crippen LogP contribution in [0.5, 0.6) is 0 Å². The lowest BCUT2D eigenvalue weighted by Crippen LogP contribution is -2.35. The van der Waals surface area contributed by atoms with Gasteiger partial charge >= 0.3 is 5.97 Å². The fraction of sp³-hybridized carbons (Fsp3) is 0.353. The average Bonchev–Trinajstić information content (AvgIpc) is 3.02. The molecule has 0 saturated carbocycles. The molecule has 2 heterocycles. The first-order valence-corrected chi connectivity index (χ1v) is 7.44. The van der Waals surface area contributed by atoms with Gasteiger partial charge in [0.2, 0.25) is 5.91 Å². The number of rotatable bonds is 2. The number of nitrogens with zero attached hydrogens (tertiary/aromatic N) is 1. The molecule has 2 aliphatic heterocycles. The van der Waals surface area contributed by atoms with Gasteiger partial charge in [0.05, 0.1) is 24.4 Å². The van der Waals surface area contributed by atoms with Crippen LogP contribution in [0.15, 0.2) is 23.8 Å². The number of carbonyl (C=O) groups excluding carboxylic acids is 3. The summed E-state index contributed by atoms with van der Waals surface area (Å²) in [6.07, 6.45) is 0.907. The molecule has 0 aliphatic carbocycles. The van der Waals surface area contributed by atoms with E-state index in [1.54, 1.807) is 18.0 Å². The summed E-state index contributed by atoms with van der Waals surface area (Å²) < 4.78 is 4.92. The first-order valence-electron chi connectivity index (χ1n) is 7.44. The van der Waals surface area contributed by atoms with Gasteiger partial charge in [0, 0.05) is 24.6 Å². The molecular formula is C17H18N2O4. The number of carbonyl (C=O) groups is 3. The highest BCUT2D eigenvalue weighted by molar-refractivity contribution is 6.14. The molecule has 0 radical (unpaired) electrons. The molecule has 1 aromatic rings. The van der Waals surface area contributed by atoms with Crippen LogP contribution < -0.4 is 5.32 Å². The van der Waals surface area contributed by atoms with Crippen molar-refractivity contribution >= 4 is 23.5 Å². The van der Waals surface area contributed by atoms with Crippen molar-refractivity contribution in [2.45, 2.75) is 25.8 Å². The maximum absolute atomic E-state index is 12.4. The standard InChI is InChI=1S/C17H18N2O4/c1-9-4-5-10-11(8-9)15(18-16(10)21)14(17(22)23-3)12-6-7-13(20)19(12)2/h4-5,8,12H,6-7H2,1-3H3,(H,18,21)/b15-14+. The Labute approximate surface area is 134 Å². The quantitative estimate of drug-likeness (QED) is 0.658. The third kappa shape index (κ3) is 2.40. The van der Waals surface area contributed by atoms with Crippen LogP contribution in [-0.4, -0.2) is 42.9 Å². The lowest BCUT2D eigenvalue weighted by atomic mass is 9.97. The van der Waals surface area contributed by atoms with E-state index in [4.69, 9.17) is 4.74 Å². The molecule has 1 N–H and O–H groups in total. The molecule has 0 spiro atoms. The van der Waals surface area contributed by atoms with Crippen LogP contribution in [-0.2, 0) is 14.3 Å². The SMILES string of the molecule is COC(=O)/C(=C1/NC(=O)c2ccc(C)cc21)C1CCC(=O)N1C. The Hall–Kier alpha value is -2.63. The maximum Gasteiger partial charge on any atom is 0.337 e. The van der Waals surface area contributed by atoms with Crippen LogP contribution in [0.4, 0.5) is 0 Å². The van der Waals surface area contributed by atoms with Crippen molar-refractivity contribution in [1.82, 2.24) is 10.2 Å². The third-order valence-electron chi connectivity index (χ3n) is 4.43. The van der Waals surface area contributed by atoms with Gasteiger partial charge in [-0.15, -0.1) is 0 Å². The molecule has 6 nitrogen and oxygen atoms in total. The molecule has 120 valence electrons. The zero-order valence-electron chi connectivity index (χ0n) is 13.3. The fourth-order valence-corrected chi connectivity index (χ4v) is 3.18. The van der Waals surface area contributed by atoms with Crippen LogP contribution in [0.25, 0.3) is 5.70 Å². The second kappa shape index (κ2) is 5.53. The molecule has 23 heavy (non-hydrogen) atoms. The van der Waals surface area contributed by atoms with Crippen LogP contribution in [0, 0.1) is 6.92 Å². The molecule has 6 heteroatoms. The normalized spacial score (nSPS) is 22.0. The predicted octanol–water partition coefficient (Wildman–Crippen LogP) is 1.24. The number of nitrogens with one attached hydrogen (secondary N) is 1. The highest BCUT2D eigenvalue weighted by Crippen LogP contribution is 2.34. The predicted molar refractivity (Wildman–Crippen MR) is 83.4 cm³/mol. The minimum Gasteiger partial charge on any atom is -0.466 e. The number of hydrogen-bond donors (Lipinski definition) is 1. The van der Waals surface area contributed by atoms with Crippen molar-refractivity contribution in [2.24, 2.45) is 0 Å². The Balaban J connectivity index is 2.19. The van der Waals surface area contributed by atoms with Gasteiger partial charge < -0.3 is 15.0 Å². The summed E-state index contributed by atoms with van der Waals surface area (Å²) in [5, 5.41) is 2.78. The topological polar surface area (TPSA) is 75.7 Å². The zero-order chi connectivity index (χ0) is 16.7. The number of ether oxygens (including phenoxy) is 1. The summed E-state index contributed by atoms with van der Waals surface area (Å²) in [6.45, 7) is 1.92. The first-order chi connectivity index (χ1) is 10.9. The summed E-state index contributed by atoms with van der Waals surface area (Å²) >= 11 is 0. The number of hydrogen-bond acceptors (Lipinski definition) is 4. The van der Waals surface area contributed by atoms with Crippen molar-refractivity contribution in [1.29, 1.82) is 0 Å². The highest BCUT2D eigenvalue weighted by atomic mass is 16.5. The van der Waals surface area contributed by atoms with Crippen molar-refractivity contribution in [3.05, 3.63) is 40.5 Å². The van der Waals surface area contributed by atoms with Crippen LogP contribution >= 0.6 is 0 Å². The Morgan fingerprint density at radius 2 is 2.04 bits per heavy atom. The van der Waals surface area contributed by atoms with E-state index in [-0.39, 0.29) is 11.8 Å². The number of fused-ring (bicyclic) bond motifs is 1. The van der Waals surface area contributed by atoms with E-state index in [9.17, 15) is 14.4 Å². The summed E-state index contributed by atoms with van der Waals surface area (Å²) in [7, 11) is 2.96. The van der Waals surface area contributed by atoms with Crippen molar-refractivity contribution in [3.8, 4) is 0 Å². The lowest BCUT2D eigenvalue weighted by molar-refractivity contribution is -0.136. The van der Waals surface area contributed by atoms with Gasteiger partial charge in [0.1, 0.15) is 0 Å². The van der Waals surface area contributed by atoms with E-state index in [0.29, 0.717) is 35.2 Å². The number of methoxy groups -OCH3 is 1. The first kappa shape index (κ1) is 15.3. The molecule has 1 saturated heterocycles. The molecule has 0 bridgehead atoms. The number of aryl methyl sites for hydroxylation is 1. The van der Waals surface area contributed by atoms with Crippen molar-refractivity contribution in [3.63, 3.8) is 0 Å². The minimum absolute atomic E-state index is 0.0224. The van der Waals surface area contributed by atoms with Crippen LogP contribution in [0.2, 0.25) is 0 Å². The van der Waals surface area contributed by atoms with Crippen LogP contribution in [0.1, 0.15) is 34.3 Å². The largest absolute Gasteiger partial charge is 0.466 e. The summed E-state index contributed by atoms with van der Waals surface area (Å²) in [4.78, 5) is 37.9. The van der Waals surface area contributed by atoms with Gasteiger partial charge in [-0.3, -0.25) is 9.59 Å². The molecule has 0 aromatic heterocycles. The van der Waals surface area contributed by atoms with E-state index >= 15 is 0 Å². The smallest absolute Gasteiger partial charge is 0.337 e. The van der Waals surface area contributed by atoms with Gasteiger partial charge in [0.15, 0.2) is 0 Å². The zero-order valence-corrected chi connectivity index (χ0v) is 13.3. The lowest BCUT2D eigenvalue weighted by Gasteiger charge is -2.23. The van der Waals surface area contributed by atoms with Gasteiger partial charge in [0.25, 0.3) is 5.91 Å². The van der Waals surface area contributed by atoms with E-state index < -0.39 is 12.0 Å². The molecule has 1 aromatic carbocycles. The maximum atomic E-state index is 12.4. The van der Waals surface area contributed by atoms with Gasteiger partial charge in [-0.2, -0.15) is 0 Å². The van der Waals surface area contributed by atoms with E-state index in [2.05, 4.69) is 5.32 Å².